The topological polar surface area (TPSA) is 72.9 Å². The number of pyridine rings is 1. The lowest BCUT2D eigenvalue weighted by atomic mass is 10.2. The van der Waals surface area contributed by atoms with Gasteiger partial charge in [-0.15, -0.1) is 24.0 Å². The molecule has 0 spiro atoms. The first kappa shape index (κ1) is 23.8. The van der Waals surface area contributed by atoms with Gasteiger partial charge in [-0.25, -0.2) is 4.39 Å². The van der Waals surface area contributed by atoms with E-state index in [9.17, 15) is 9.18 Å². The van der Waals surface area contributed by atoms with Crippen molar-refractivity contribution >= 4 is 41.5 Å². The molecule has 1 aromatic heterocycles. The number of benzene rings is 1. The fourth-order valence-corrected chi connectivity index (χ4v) is 3.22. The number of halogens is 2. The molecule has 1 saturated heterocycles. The number of hydrogen-bond donors (Lipinski definition) is 2. The number of nitrogens with one attached hydrogen (secondary N) is 2. The molecule has 0 saturated carbocycles. The van der Waals surface area contributed by atoms with E-state index in [1.165, 1.54) is 12.3 Å². The van der Waals surface area contributed by atoms with Crippen LogP contribution in [0.3, 0.4) is 0 Å². The zero-order valence-electron chi connectivity index (χ0n) is 17.1. The molecule has 0 aliphatic carbocycles. The lowest BCUT2D eigenvalue weighted by molar-refractivity contribution is 0.0954. The zero-order valence-corrected chi connectivity index (χ0v) is 19.4. The van der Waals surface area contributed by atoms with E-state index in [1.54, 1.807) is 24.4 Å². The summed E-state index contributed by atoms with van der Waals surface area (Å²) in [4.78, 5) is 24.9. The number of aromatic nitrogens is 1. The Balaban J connectivity index is 0.00000320. The molecule has 0 unspecified atom stereocenters. The molecule has 1 amide bonds. The lowest BCUT2D eigenvalue weighted by Gasteiger charge is -2.37. The number of guanidine groups is 1. The average Bonchev–Trinajstić information content (AvgIpc) is 2.77. The molecule has 0 atom stereocenters. The molecule has 3 rings (SSSR count). The van der Waals surface area contributed by atoms with E-state index in [-0.39, 0.29) is 35.7 Å². The lowest BCUT2D eigenvalue weighted by Crippen LogP contribution is -2.52. The first-order chi connectivity index (χ1) is 14.2. The van der Waals surface area contributed by atoms with Crippen molar-refractivity contribution < 1.29 is 9.18 Å². The van der Waals surface area contributed by atoms with Crippen LogP contribution in [0.25, 0.3) is 0 Å². The van der Waals surface area contributed by atoms with Gasteiger partial charge in [-0.05, 0) is 31.2 Å². The number of para-hydroxylation sites is 1. The van der Waals surface area contributed by atoms with E-state index >= 15 is 0 Å². The van der Waals surface area contributed by atoms with Crippen molar-refractivity contribution in [3.8, 4) is 0 Å². The number of nitrogens with zero attached hydrogens (tertiary/aromatic N) is 4. The summed E-state index contributed by atoms with van der Waals surface area (Å²) in [5.41, 5.74) is 1.18. The minimum atomic E-state index is -0.189. The highest BCUT2D eigenvalue weighted by molar-refractivity contribution is 14.0. The van der Waals surface area contributed by atoms with Crippen LogP contribution in [-0.2, 0) is 0 Å². The summed E-state index contributed by atoms with van der Waals surface area (Å²) >= 11 is 0. The number of carbonyl (C=O) groups excluding carboxylic acids is 1. The van der Waals surface area contributed by atoms with Gasteiger partial charge in [0.05, 0.1) is 17.8 Å². The van der Waals surface area contributed by atoms with Gasteiger partial charge in [0.25, 0.3) is 5.91 Å². The van der Waals surface area contributed by atoms with Crippen molar-refractivity contribution in [2.24, 2.45) is 4.99 Å². The van der Waals surface area contributed by atoms with Crippen LogP contribution < -0.4 is 15.5 Å². The monoisotopic (exact) mass is 526 g/mol. The summed E-state index contributed by atoms with van der Waals surface area (Å²) in [6.07, 6.45) is 3.17. The Morgan fingerprint density at radius 3 is 2.57 bits per heavy atom. The van der Waals surface area contributed by atoms with Crippen LogP contribution in [0.5, 0.6) is 0 Å². The van der Waals surface area contributed by atoms with Gasteiger partial charge in [0, 0.05) is 51.7 Å². The van der Waals surface area contributed by atoms with Crippen LogP contribution in [0.15, 0.2) is 53.8 Å². The first-order valence-corrected chi connectivity index (χ1v) is 9.90. The van der Waals surface area contributed by atoms with Gasteiger partial charge in [0.15, 0.2) is 5.96 Å². The molecule has 1 aliphatic heterocycles. The van der Waals surface area contributed by atoms with Gasteiger partial charge in [-0.3, -0.25) is 14.8 Å². The number of amides is 1. The molecule has 1 fully saturated rings. The Morgan fingerprint density at radius 1 is 1.13 bits per heavy atom. The average molecular weight is 526 g/mol. The molecule has 7 nitrogen and oxygen atoms in total. The zero-order chi connectivity index (χ0) is 20.5. The largest absolute Gasteiger partial charge is 0.366 e. The van der Waals surface area contributed by atoms with Crippen molar-refractivity contribution in [1.29, 1.82) is 0 Å². The maximum Gasteiger partial charge on any atom is 0.252 e. The maximum absolute atomic E-state index is 14.0. The molecule has 0 bridgehead atoms. The number of aliphatic imine (C=N–C) groups is 1. The second kappa shape index (κ2) is 12.3. The molecule has 30 heavy (non-hydrogen) atoms. The molecular weight excluding hydrogens is 498 g/mol. The third-order valence-corrected chi connectivity index (χ3v) is 4.69. The van der Waals surface area contributed by atoms with Gasteiger partial charge in [-0.2, -0.15) is 0 Å². The SMILES string of the molecule is CCNC(=NCCNC(=O)c1cccnc1)N1CCN(c2ccccc2F)CC1.I. The highest BCUT2D eigenvalue weighted by Crippen LogP contribution is 2.20. The standard InChI is InChI=1S/C21H27FN6O.HI/c1-2-24-21(26-11-10-25-20(29)17-6-5-9-23-16-17)28-14-12-27(13-15-28)19-8-4-3-7-18(19)22;/h3-9,16H,2,10-15H2,1H3,(H,24,26)(H,25,29);1H. The molecule has 1 aliphatic rings. The van der Waals surface area contributed by atoms with E-state index in [0.29, 0.717) is 24.3 Å². The van der Waals surface area contributed by atoms with Crippen molar-refractivity contribution in [2.45, 2.75) is 6.92 Å². The van der Waals surface area contributed by atoms with Crippen molar-refractivity contribution in [3.63, 3.8) is 0 Å². The second-order valence-electron chi connectivity index (χ2n) is 6.66. The van der Waals surface area contributed by atoms with Crippen LogP contribution >= 0.6 is 24.0 Å². The molecular formula is C21H28FIN6O. The van der Waals surface area contributed by atoms with Gasteiger partial charge < -0.3 is 20.4 Å². The van der Waals surface area contributed by atoms with E-state index < -0.39 is 0 Å². The molecule has 2 N–H and O–H groups in total. The molecule has 2 aromatic rings. The number of hydrogen-bond acceptors (Lipinski definition) is 4. The van der Waals surface area contributed by atoms with Gasteiger partial charge in [0.2, 0.25) is 0 Å². The maximum atomic E-state index is 14.0. The molecule has 2 heterocycles. The molecule has 1 aromatic carbocycles. The highest BCUT2D eigenvalue weighted by atomic mass is 127. The van der Waals surface area contributed by atoms with Crippen molar-refractivity contribution in [2.75, 3.05) is 50.7 Å². The third kappa shape index (κ3) is 6.54. The van der Waals surface area contributed by atoms with Crippen LogP contribution in [0.2, 0.25) is 0 Å². The highest BCUT2D eigenvalue weighted by Gasteiger charge is 2.21. The number of rotatable bonds is 6. The van der Waals surface area contributed by atoms with Gasteiger partial charge in [0.1, 0.15) is 5.82 Å². The fraction of sp³-hybridized carbons (Fsp3) is 0.381. The number of piperazine rings is 1. The Bertz CT molecular complexity index is 827. The minimum Gasteiger partial charge on any atom is -0.366 e. The Hall–Kier alpha value is -2.43. The normalized spacial score (nSPS) is 14.1. The summed E-state index contributed by atoms with van der Waals surface area (Å²) < 4.78 is 14.0. The van der Waals surface area contributed by atoms with E-state index in [0.717, 1.165) is 38.7 Å². The summed E-state index contributed by atoms with van der Waals surface area (Å²) in [6.45, 7) is 6.65. The number of carbonyl (C=O) groups is 1. The predicted molar refractivity (Wildman–Crippen MR) is 128 cm³/mol. The van der Waals surface area contributed by atoms with Gasteiger partial charge in [-0.1, -0.05) is 12.1 Å². The van der Waals surface area contributed by atoms with Crippen LogP contribution in [-0.4, -0.2) is 67.6 Å². The predicted octanol–water partition coefficient (Wildman–Crippen LogP) is 2.36. The molecule has 9 heteroatoms. The van der Waals surface area contributed by atoms with Crippen molar-refractivity contribution in [3.05, 3.63) is 60.2 Å². The third-order valence-electron chi connectivity index (χ3n) is 4.69. The minimum absolute atomic E-state index is 0. The fourth-order valence-electron chi connectivity index (χ4n) is 3.22. The van der Waals surface area contributed by atoms with E-state index in [2.05, 4.69) is 30.4 Å². The molecule has 162 valence electrons. The Labute approximate surface area is 193 Å². The van der Waals surface area contributed by atoms with Crippen molar-refractivity contribution in [1.82, 2.24) is 20.5 Å². The van der Waals surface area contributed by atoms with E-state index in [1.807, 2.05) is 19.1 Å². The van der Waals surface area contributed by atoms with Gasteiger partial charge >= 0.3 is 0 Å². The van der Waals surface area contributed by atoms with E-state index in [4.69, 9.17) is 0 Å². The van der Waals surface area contributed by atoms with Crippen LogP contribution in [0.1, 0.15) is 17.3 Å². The summed E-state index contributed by atoms with van der Waals surface area (Å²) in [5.74, 6) is 0.471. The summed E-state index contributed by atoms with van der Waals surface area (Å²) in [6, 6.07) is 10.3. The van der Waals surface area contributed by atoms with Crippen LogP contribution in [0, 0.1) is 5.82 Å². The first-order valence-electron chi connectivity index (χ1n) is 9.90. The summed E-state index contributed by atoms with van der Waals surface area (Å²) in [5, 5.41) is 6.15. The smallest absolute Gasteiger partial charge is 0.252 e. The number of anilines is 1. The molecule has 0 radical (unpaired) electrons. The Morgan fingerprint density at radius 2 is 1.90 bits per heavy atom. The second-order valence-corrected chi connectivity index (χ2v) is 6.66. The Kier molecular flexibility index (Phi) is 9.78. The quantitative estimate of drug-likeness (QED) is 0.262. The van der Waals surface area contributed by atoms with Crippen LogP contribution in [0.4, 0.5) is 10.1 Å². The summed E-state index contributed by atoms with van der Waals surface area (Å²) in [7, 11) is 0.